The van der Waals surface area contributed by atoms with E-state index in [4.69, 9.17) is 11.6 Å². The van der Waals surface area contributed by atoms with Crippen LogP contribution in [0.1, 0.15) is 17.3 Å². The predicted molar refractivity (Wildman–Crippen MR) is 59.5 cm³/mol. The number of carbonyl (C=O) groups excluding carboxylic acids is 1. The average Bonchev–Trinajstić information content (AvgIpc) is 2.18. The van der Waals surface area contributed by atoms with Crippen LogP contribution in [-0.2, 0) is 0 Å². The van der Waals surface area contributed by atoms with Crippen LogP contribution < -0.4 is 5.56 Å². The van der Waals surface area contributed by atoms with Gasteiger partial charge in [-0.05, 0) is 25.1 Å². The lowest BCUT2D eigenvalue weighted by Gasteiger charge is -2.03. The molecule has 2 rings (SSSR count). The van der Waals surface area contributed by atoms with Gasteiger partial charge in [0.1, 0.15) is 11.0 Å². The maximum absolute atomic E-state index is 13.2. The first kappa shape index (κ1) is 10.8. The third-order valence-corrected chi connectivity index (χ3v) is 2.48. The largest absolute Gasteiger partial charge is 0.312 e. The molecule has 0 aliphatic heterocycles. The Balaban J connectivity index is 3.01. The molecule has 0 spiro atoms. The van der Waals surface area contributed by atoms with Gasteiger partial charge in [-0.15, -0.1) is 0 Å². The first-order chi connectivity index (χ1) is 7.49. The van der Waals surface area contributed by atoms with Crippen LogP contribution in [0.5, 0.6) is 0 Å². The lowest BCUT2D eigenvalue weighted by atomic mass is 10.0. The normalized spacial score (nSPS) is 10.7. The molecule has 1 aromatic heterocycles. The molecule has 0 aliphatic rings. The second-order valence-electron chi connectivity index (χ2n) is 3.42. The monoisotopic (exact) mass is 239 g/mol. The number of nitrogens with one attached hydrogen (secondary N) is 1. The summed E-state index contributed by atoms with van der Waals surface area (Å²) in [4.78, 5) is 25.2. The Morgan fingerprint density at radius 1 is 1.31 bits per heavy atom. The zero-order chi connectivity index (χ0) is 11.9. The number of Topliss-reactive ketones (excluding diaryl/α,β-unsaturated/α-hetero) is 1. The predicted octanol–water partition coefficient (Wildman–Crippen LogP) is 2.52. The van der Waals surface area contributed by atoms with Crippen LogP contribution in [-0.4, -0.2) is 10.8 Å². The van der Waals surface area contributed by atoms with Crippen LogP contribution in [0.3, 0.4) is 0 Å². The van der Waals surface area contributed by atoms with Gasteiger partial charge in [0.25, 0.3) is 5.56 Å². The van der Waals surface area contributed by atoms with Gasteiger partial charge in [0.05, 0.1) is 5.39 Å². The Labute approximate surface area is 94.9 Å². The van der Waals surface area contributed by atoms with E-state index in [1.54, 1.807) is 0 Å². The smallest absolute Gasteiger partial charge is 0.257 e. The van der Waals surface area contributed by atoms with Crippen LogP contribution in [0.25, 0.3) is 10.8 Å². The topological polar surface area (TPSA) is 49.9 Å². The Bertz CT molecular complexity index is 648. The van der Waals surface area contributed by atoms with Crippen LogP contribution in [0.4, 0.5) is 4.39 Å². The number of fused-ring (bicyclic) bond motifs is 1. The number of aromatic amines is 1. The Morgan fingerprint density at radius 2 is 2.00 bits per heavy atom. The molecule has 0 unspecified atom stereocenters. The summed E-state index contributed by atoms with van der Waals surface area (Å²) < 4.78 is 13.2. The van der Waals surface area contributed by atoms with E-state index in [0.29, 0.717) is 5.39 Å². The van der Waals surface area contributed by atoms with Gasteiger partial charge in [0, 0.05) is 10.9 Å². The average molecular weight is 240 g/mol. The van der Waals surface area contributed by atoms with Crippen molar-refractivity contribution in [2.75, 3.05) is 0 Å². The van der Waals surface area contributed by atoms with Crippen LogP contribution in [0, 0.1) is 5.82 Å². The number of H-pyrrole nitrogens is 1. The van der Waals surface area contributed by atoms with E-state index in [1.807, 2.05) is 0 Å². The highest BCUT2D eigenvalue weighted by atomic mass is 35.5. The summed E-state index contributed by atoms with van der Waals surface area (Å²) in [7, 11) is 0. The van der Waals surface area contributed by atoms with Crippen molar-refractivity contribution < 1.29 is 9.18 Å². The van der Waals surface area contributed by atoms with E-state index in [9.17, 15) is 14.0 Å². The number of carbonyl (C=O) groups is 1. The summed E-state index contributed by atoms with van der Waals surface area (Å²) in [5.41, 5.74) is -0.354. The zero-order valence-electron chi connectivity index (χ0n) is 8.30. The van der Waals surface area contributed by atoms with Crippen LogP contribution in [0.15, 0.2) is 23.0 Å². The fourth-order valence-electron chi connectivity index (χ4n) is 1.59. The molecule has 2 aromatic rings. The van der Waals surface area contributed by atoms with Gasteiger partial charge in [-0.2, -0.15) is 0 Å². The molecule has 3 nitrogen and oxygen atoms in total. The molecular weight excluding hydrogens is 233 g/mol. The molecule has 1 aromatic carbocycles. The number of rotatable bonds is 1. The number of benzene rings is 1. The summed E-state index contributed by atoms with van der Waals surface area (Å²) in [6.45, 7) is 1.31. The Kier molecular flexibility index (Phi) is 2.52. The Morgan fingerprint density at radius 3 is 2.62 bits per heavy atom. The van der Waals surface area contributed by atoms with Crippen molar-refractivity contribution in [2.24, 2.45) is 0 Å². The highest BCUT2D eigenvalue weighted by Gasteiger charge is 2.11. The number of ketones is 1. The zero-order valence-corrected chi connectivity index (χ0v) is 9.06. The van der Waals surface area contributed by atoms with Crippen molar-refractivity contribution in [3.8, 4) is 0 Å². The molecule has 82 valence electrons. The molecule has 0 saturated carbocycles. The highest BCUT2D eigenvalue weighted by Crippen LogP contribution is 2.20. The van der Waals surface area contributed by atoms with E-state index < -0.39 is 11.4 Å². The Hall–Kier alpha value is -1.68. The van der Waals surface area contributed by atoms with E-state index in [2.05, 4.69) is 4.98 Å². The lowest BCUT2D eigenvalue weighted by Crippen LogP contribution is -2.08. The molecule has 0 fully saturated rings. The minimum absolute atomic E-state index is 0.117. The molecule has 1 heterocycles. The van der Waals surface area contributed by atoms with Crippen molar-refractivity contribution in [1.82, 2.24) is 4.98 Å². The summed E-state index contributed by atoms with van der Waals surface area (Å²) in [5.74, 6) is -0.934. The molecule has 16 heavy (non-hydrogen) atoms. The van der Waals surface area contributed by atoms with Crippen molar-refractivity contribution in [2.45, 2.75) is 6.92 Å². The molecule has 0 atom stereocenters. The van der Waals surface area contributed by atoms with Crippen molar-refractivity contribution in [3.05, 3.63) is 45.1 Å². The van der Waals surface area contributed by atoms with Crippen molar-refractivity contribution in [3.63, 3.8) is 0 Å². The maximum atomic E-state index is 13.2. The number of hydrogen-bond acceptors (Lipinski definition) is 2. The first-order valence-electron chi connectivity index (χ1n) is 4.52. The van der Waals surface area contributed by atoms with Gasteiger partial charge in [0.15, 0.2) is 5.78 Å². The standard InChI is InChI=1S/C11H7ClFNO2/c1-5(15)7-2-6(13)3-9-8(7)4-10(12)14-11(9)16/h2-4H,1H3,(H,14,16). The number of aromatic nitrogens is 1. The quantitative estimate of drug-likeness (QED) is 0.614. The summed E-state index contributed by atoms with van der Waals surface area (Å²) >= 11 is 5.68. The van der Waals surface area contributed by atoms with Gasteiger partial charge in [-0.25, -0.2) is 4.39 Å². The summed E-state index contributed by atoms with van der Waals surface area (Å²) in [5, 5.41) is 0.601. The SMILES string of the molecule is CC(=O)c1cc(F)cc2c(=O)[nH]c(Cl)cc12. The molecule has 0 bridgehead atoms. The highest BCUT2D eigenvalue weighted by molar-refractivity contribution is 6.30. The van der Waals surface area contributed by atoms with E-state index in [1.165, 1.54) is 13.0 Å². The minimum Gasteiger partial charge on any atom is -0.312 e. The van der Waals surface area contributed by atoms with Crippen molar-refractivity contribution in [1.29, 1.82) is 0 Å². The number of pyridine rings is 1. The third-order valence-electron chi connectivity index (χ3n) is 2.27. The molecule has 1 N–H and O–H groups in total. The molecule has 0 aliphatic carbocycles. The second-order valence-corrected chi connectivity index (χ2v) is 3.82. The van der Waals surface area contributed by atoms with Crippen LogP contribution in [0.2, 0.25) is 5.15 Å². The first-order valence-corrected chi connectivity index (χ1v) is 4.90. The molecular formula is C11H7ClFNO2. The molecule has 5 heteroatoms. The van der Waals surface area contributed by atoms with E-state index in [0.717, 1.165) is 12.1 Å². The minimum atomic E-state index is -0.620. The lowest BCUT2D eigenvalue weighted by molar-refractivity contribution is 0.101. The van der Waals surface area contributed by atoms with Gasteiger partial charge >= 0.3 is 0 Å². The van der Waals surface area contributed by atoms with E-state index >= 15 is 0 Å². The number of hydrogen-bond donors (Lipinski definition) is 1. The summed E-state index contributed by atoms with van der Waals surface area (Å²) in [6, 6.07) is 3.62. The fourth-order valence-corrected chi connectivity index (χ4v) is 1.79. The second kappa shape index (κ2) is 3.72. The van der Waals surface area contributed by atoms with Gasteiger partial charge in [0.2, 0.25) is 0 Å². The number of halogens is 2. The van der Waals surface area contributed by atoms with Crippen LogP contribution >= 0.6 is 11.6 Å². The molecule has 0 saturated heterocycles. The van der Waals surface area contributed by atoms with E-state index in [-0.39, 0.29) is 21.9 Å². The maximum Gasteiger partial charge on any atom is 0.257 e. The molecule has 0 radical (unpaired) electrons. The third kappa shape index (κ3) is 1.72. The summed E-state index contributed by atoms with van der Waals surface area (Å²) in [6.07, 6.45) is 0. The van der Waals surface area contributed by atoms with Gasteiger partial charge < -0.3 is 4.98 Å². The van der Waals surface area contributed by atoms with Gasteiger partial charge in [-0.3, -0.25) is 9.59 Å². The molecule has 0 amide bonds. The fraction of sp³-hybridized carbons (Fsp3) is 0.0909. The van der Waals surface area contributed by atoms with Crippen molar-refractivity contribution >= 4 is 28.2 Å². The van der Waals surface area contributed by atoms with Gasteiger partial charge in [-0.1, -0.05) is 11.6 Å².